The predicted molar refractivity (Wildman–Crippen MR) is 127 cm³/mol. The molecular formula is C27H25F2N2O4+. The van der Waals surface area contributed by atoms with Crippen molar-refractivity contribution in [2.24, 2.45) is 0 Å². The fourth-order valence-electron chi connectivity index (χ4n) is 4.57. The smallest absolute Gasteiger partial charge is 0.435 e. The number of likely N-dealkylation sites (tertiary alicyclic amines) is 1. The number of rotatable bonds is 5. The molecule has 2 atom stereocenters. The number of hydrogen-bond donors (Lipinski definition) is 2. The van der Waals surface area contributed by atoms with E-state index in [0.29, 0.717) is 24.1 Å². The van der Waals surface area contributed by atoms with Crippen LogP contribution in [0.2, 0.25) is 0 Å². The van der Waals surface area contributed by atoms with Gasteiger partial charge < -0.3 is 10.4 Å². The molecule has 1 unspecified atom stereocenters. The van der Waals surface area contributed by atoms with E-state index >= 15 is 0 Å². The first kappa shape index (κ1) is 24.2. The number of nitrogens with one attached hydrogen (secondary N) is 1. The maximum Gasteiger partial charge on any atom is 0.521 e. The Balaban J connectivity index is 1.43. The monoisotopic (exact) mass is 479 g/mol. The van der Waals surface area contributed by atoms with Crippen molar-refractivity contribution in [3.63, 3.8) is 0 Å². The van der Waals surface area contributed by atoms with Crippen molar-refractivity contribution in [1.29, 1.82) is 0 Å². The van der Waals surface area contributed by atoms with Crippen molar-refractivity contribution in [2.75, 3.05) is 11.9 Å². The number of carbonyl (C=O) groups is 3. The van der Waals surface area contributed by atoms with Crippen LogP contribution in [0.3, 0.4) is 0 Å². The van der Waals surface area contributed by atoms with E-state index in [1.165, 1.54) is 6.07 Å². The van der Waals surface area contributed by atoms with Crippen molar-refractivity contribution >= 4 is 23.6 Å². The Morgan fingerprint density at radius 2 is 1.60 bits per heavy atom. The van der Waals surface area contributed by atoms with Crippen LogP contribution in [0.25, 0.3) is 11.1 Å². The van der Waals surface area contributed by atoms with Crippen LogP contribution >= 0.6 is 0 Å². The van der Waals surface area contributed by atoms with E-state index in [9.17, 15) is 28.3 Å². The van der Waals surface area contributed by atoms with E-state index in [-0.39, 0.29) is 24.6 Å². The lowest BCUT2D eigenvalue weighted by atomic mass is 10.0. The molecule has 4 rings (SSSR count). The molecule has 6 nitrogen and oxygen atoms in total. The number of hydrogen-bond acceptors (Lipinski definition) is 3. The molecule has 1 saturated heterocycles. The van der Waals surface area contributed by atoms with Crippen molar-refractivity contribution < 1.29 is 32.8 Å². The Kier molecular flexibility index (Phi) is 6.75. The van der Waals surface area contributed by atoms with Crippen molar-refractivity contribution in [1.82, 2.24) is 0 Å². The lowest BCUT2D eigenvalue weighted by Crippen LogP contribution is -2.58. The van der Waals surface area contributed by atoms with Crippen molar-refractivity contribution in [3.8, 4) is 11.1 Å². The van der Waals surface area contributed by atoms with E-state index in [2.05, 4.69) is 5.32 Å². The number of halogens is 2. The van der Waals surface area contributed by atoms with E-state index in [0.717, 1.165) is 23.3 Å². The molecule has 35 heavy (non-hydrogen) atoms. The van der Waals surface area contributed by atoms with E-state index in [1.807, 2.05) is 0 Å². The SMILES string of the molecule is C[C@@H]1CCC[N+]1(C(=O)O)C(=O)c1ccc(-c2ccc(NC(=O)Cc3ccc(F)cc3F)cc2)cc1. The normalized spacial score (nSPS) is 19.3. The van der Waals surface area contributed by atoms with Gasteiger partial charge in [-0.25, -0.2) is 13.6 Å². The number of amides is 3. The molecule has 3 amide bonds. The molecule has 0 saturated carbocycles. The van der Waals surface area contributed by atoms with Gasteiger partial charge >= 0.3 is 12.0 Å². The second-order valence-corrected chi connectivity index (χ2v) is 8.79. The highest BCUT2D eigenvalue weighted by molar-refractivity contribution is 5.95. The Labute approximate surface area is 201 Å². The number of imide groups is 1. The van der Waals surface area contributed by atoms with Gasteiger partial charge in [0.15, 0.2) is 0 Å². The zero-order valence-corrected chi connectivity index (χ0v) is 19.1. The lowest BCUT2D eigenvalue weighted by Gasteiger charge is -2.29. The van der Waals surface area contributed by atoms with E-state index < -0.39 is 34.0 Å². The van der Waals surface area contributed by atoms with Crippen LogP contribution in [-0.4, -0.2) is 40.1 Å². The summed E-state index contributed by atoms with van der Waals surface area (Å²) in [5.74, 6) is -2.32. The van der Waals surface area contributed by atoms with Gasteiger partial charge in [0.1, 0.15) is 17.7 Å². The van der Waals surface area contributed by atoms with Crippen molar-refractivity contribution in [3.05, 3.63) is 89.5 Å². The van der Waals surface area contributed by atoms with Gasteiger partial charge in [-0.1, -0.05) is 30.3 Å². The molecule has 0 aliphatic carbocycles. The van der Waals surface area contributed by atoms with Gasteiger partial charge in [0.25, 0.3) is 0 Å². The molecule has 8 heteroatoms. The molecule has 3 aromatic rings. The van der Waals surface area contributed by atoms with Gasteiger partial charge in [-0.15, -0.1) is 0 Å². The Morgan fingerprint density at radius 1 is 0.971 bits per heavy atom. The summed E-state index contributed by atoms with van der Waals surface area (Å²) in [4.78, 5) is 37.3. The van der Waals surface area contributed by atoms with Gasteiger partial charge in [-0.05, 0) is 53.9 Å². The topological polar surface area (TPSA) is 83.5 Å². The van der Waals surface area contributed by atoms with Crippen LogP contribution in [0.1, 0.15) is 35.7 Å². The lowest BCUT2D eigenvalue weighted by molar-refractivity contribution is -0.785. The molecule has 0 aromatic heterocycles. The average Bonchev–Trinajstić information content (AvgIpc) is 3.23. The third-order valence-electron chi connectivity index (χ3n) is 6.59. The molecule has 1 aliphatic rings. The summed E-state index contributed by atoms with van der Waals surface area (Å²) in [7, 11) is 0. The number of carbonyl (C=O) groups excluding carboxylic acids is 2. The van der Waals surface area contributed by atoms with Crippen LogP contribution < -0.4 is 5.32 Å². The highest BCUT2D eigenvalue weighted by Crippen LogP contribution is 2.31. The summed E-state index contributed by atoms with van der Waals surface area (Å²) in [6, 6.07) is 16.6. The number of benzene rings is 3. The third-order valence-corrected chi connectivity index (χ3v) is 6.59. The van der Waals surface area contributed by atoms with Crippen LogP contribution in [0.5, 0.6) is 0 Å². The molecule has 1 fully saturated rings. The Morgan fingerprint density at radius 3 is 2.14 bits per heavy atom. The molecule has 1 heterocycles. The highest BCUT2D eigenvalue weighted by Gasteiger charge is 2.53. The predicted octanol–water partition coefficient (Wildman–Crippen LogP) is 5.63. The van der Waals surface area contributed by atoms with Crippen LogP contribution in [0.15, 0.2) is 66.7 Å². The molecule has 3 aromatic carbocycles. The standard InChI is InChI=1S/C27H24F2N2O4/c1-17-3-2-14-31(17,27(34)35)26(33)20-6-4-18(5-7-20)19-9-12-23(13-10-19)30-25(32)15-21-8-11-22(28)16-24(21)29/h4-13,16-17H,2-3,14-15H2,1H3,(H-,30,32,33,34,35)/p+1/t17-,31?/m1/s1. The average molecular weight is 480 g/mol. The largest absolute Gasteiger partial charge is 0.521 e. The minimum atomic E-state index is -1.12. The maximum atomic E-state index is 13.8. The summed E-state index contributed by atoms with van der Waals surface area (Å²) in [6.45, 7) is 2.09. The zero-order valence-electron chi connectivity index (χ0n) is 19.1. The van der Waals surface area contributed by atoms with E-state index in [4.69, 9.17) is 0 Å². The second-order valence-electron chi connectivity index (χ2n) is 8.79. The van der Waals surface area contributed by atoms with Crippen LogP contribution in [0.4, 0.5) is 19.3 Å². The zero-order chi connectivity index (χ0) is 25.2. The molecule has 180 valence electrons. The van der Waals surface area contributed by atoms with Gasteiger partial charge in [0, 0.05) is 24.6 Å². The number of quaternary nitrogens is 1. The first-order valence-electron chi connectivity index (χ1n) is 11.3. The third kappa shape index (κ3) is 4.83. The molecule has 0 spiro atoms. The van der Waals surface area contributed by atoms with Crippen LogP contribution in [-0.2, 0) is 11.2 Å². The first-order chi connectivity index (χ1) is 16.7. The quantitative estimate of drug-likeness (QED) is 0.465. The second kappa shape index (κ2) is 9.76. The molecule has 2 N–H and O–H groups in total. The molecule has 0 bridgehead atoms. The molecule has 1 aliphatic heterocycles. The maximum absolute atomic E-state index is 13.8. The summed E-state index contributed by atoms with van der Waals surface area (Å²) in [5.41, 5.74) is 2.63. The highest BCUT2D eigenvalue weighted by atomic mass is 19.1. The summed E-state index contributed by atoms with van der Waals surface area (Å²) in [6.07, 6.45) is 0.0405. The molecule has 0 radical (unpaired) electrons. The van der Waals surface area contributed by atoms with Gasteiger partial charge in [0.2, 0.25) is 5.91 Å². The summed E-state index contributed by atoms with van der Waals surface area (Å²) in [5, 5.41) is 12.5. The van der Waals surface area contributed by atoms with Gasteiger partial charge in [0.05, 0.1) is 18.5 Å². The van der Waals surface area contributed by atoms with Gasteiger partial charge in [-0.3, -0.25) is 4.79 Å². The summed E-state index contributed by atoms with van der Waals surface area (Å²) >= 11 is 0. The number of carboxylic acid groups (broad SMARTS) is 1. The summed E-state index contributed by atoms with van der Waals surface area (Å²) < 4.78 is 26.2. The Bertz CT molecular complexity index is 1280. The molecular weight excluding hydrogens is 454 g/mol. The first-order valence-corrected chi connectivity index (χ1v) is 11.3. The minimum Gasteiger partial charge on any atom is -0.435 e. The Hall–Kier alpha value is -3.91. The number of anilines is 1. The number of nitrogens with zero attached hydrogens (tertiary/aromatic N) is 1. The fraction of sp³-hybridized carbons (Fsp3) is 0.222. The van der Waals surface area contributed by atoms with Crippen molar-refractivity contribution in [2.45, 2.75) is 32.2 Å². The fourth-order valence-corrected chi connectivity index (χ4v) is 4.57. The van der Waals surface area contributed by atoms with Gasteiger partial charge in [-0.2, -0.15) is 9.28 Å². The van der Waals surface area contributed by atoms with E-state index in [1.54, 1.807) is 55.5 Å². The van der Waals surface area contributed by atoms with Crippen LogP contribution in [0, 0.1) is 11.6 Å². The minimum absolute atomic E-state index is 0.102.